The molecule has 0 bridgehead atoms. The Morgan fingerprint density at radius 1 is 1.00 bits per heavy atom. The van der Waals surface area contributed by atoms with E-state index in [1.807, 2.05) is 6.07 Å². The lowest BCUT2D eigenvalue weighted by atomic mass is 9.76. The second-order valence-electron chi connectivity index (χ2n) is 8.24. The van der Waals surface area contributed by atoms with Crippen molar-refractivity contribution >= 4 is 0 Å². The van der Waals surface area contributed by atoms with E-state index in [0.717, 1.165) is 62.4 Å². The van der Waals surface area contributed by atoms with Crippen LogP contribution >= 0.6 is 0 Å². The minimum Gasteiger partial charge on any atom is -0.504 e. The van der Waals surface area contributed by atoms with Crippen molar-refractivity contribution in [3.8, 4) is 34.1 Å². The number of phenols is 1. The molecule has 2 aromatic rings. The maximum Gasteiger partial charge on any atom is 0.169 e. The van der Waals surface area contributed by atoms with Gasteiger partial charge in [0.1, 0.15) is 0 Å². The lowest BCUT2D eigenvalue weighted by molar-refractivity contribution is 0.153. The van der Waals surface area contributed by atoms with Crippen molar-refractivity contribution in [2.75, 3.05) is 54.1 Å². The first-order chi connectivity index (χ1) is 15.1. The van der Waals surface area contributed by atoms with Crippen LogP contribution in [0.5, 0.6) is 23.0 Å². The van der Waals surface area contributed by atoms with E-state index in [1.165, 1.54) is 16.7 Å². The van der Waals surface area contributed by atoms with Crippen molar-refractivity contribution in [1.29, 1.82) is 0 Å². The Labute approximate surface area is 185 Å². The summed E-state index contributed by atoms with van der Waals surface area (Å²) in [6, 6.07) is 6.16. The Hall–Kier alpha value is -2.44. The van der Waals surface area contributed by atoms with E-state index in [9.17, 15) is 5.11 Å². The summed E-state index contributed by atoms with van der Waals surface area (Å²) in [7, 11) is 4.97. The third kappa shape index (κ3) is 3.62. The number of fused-ring (bicyclic) bond motifs is 2. The van der Waals surface area contributed by atoms with Gasteiger partial charge in [0.05, 0.1) is 21.3 Å². The molecule has 1 N–H and O–H groups in total. The number of phenolic OH excluding ortho intramolecular Hbond substituents is 1. The van der Waals surface area contributed by atoms with E-state index in [-0.39, 0.29) is 11.8 Å². The van der Waals surface area contributed by atoms with Crippen molar-refractivity contribution in [3.05, 3.63) is 34.9 Å². The highest BCUT2D eigenvalue weighted by Gasteiger charge is 2.39. The normalized spacial score (nSPS) is 17.3. The first-order valence-electron chi connectivity index (χ1n) is 11.2. The number of rotatable bonds is 8. The van der Waals surface area contributed by atoms with Gasteiger partial charge in [0.25, 0.3) is 0 Å². The molecule has 0 aromatic heterocycles. The van der Waals surface area contributed by atoms with E-state index in [0.29, 0.717) is 11.5 Å². The molecule has 1 aliphatic heterocycles. The number of benzene rings is 2. The van der Waals surface area contributed by atoms with Crippen LogP contribution in [-0.2, 0) is 12.8 Å². The smallest absolute Gasteiger partial charge is 0.169 e. The van der Waals surface area contributed by atoms with E-state index < -0.39 is 0 Å². The van der Waals surface area contributed by atoms with Crippen LogP contribution in [0.25, 0.3) is 11.1 Å². The minimum absolute atomic E-state index is 0.146. The lowest BCUT2D eigenvalue weighted by Gasteiger charge is -2.43. The first-order valence-corrected chi connectivity index (χ1v) is 11.2. The van der Waals surface area contributed by atoms with Gasteiger partial charge in [0.2, 0.25) is 0 Å². The molecule has 0 spiro atoms. The molecule has 1 atom stereocenters. The number of likely N-dealkylation sites (N-methyl/N-ethyl adjacent to an activating group) is 1. The predicted molar refractivity (Wildman–Crippen MR) is 123 cm³/mol. The molecular formula is C25H34N2O4. The molecule has 1 aliphatic carbocycles. The van der Waals surface area contributed by atoms with Crippen LogP contribution in [0.2, 0.25) is 0 Å². The minimum atomic E-state index is 0.146. The van der Waals surface area contributed by atoms with Crippen molar-refractivity contribution in [1.82, 2.24) is 9.80 Å². The fourth-order valence-corrected chi connectivity index (χ4v) is 5.28. The second-order valence-corrected chi connectivity index (χ2v) is 8.24. The number of hydrogen-bond acceptors (Lipinski definition) is 6. The third-order valence-electron chi connectivity index (χ3n) is 6.93. The Bertz CT molecular complexity index is 955. The van der Waals surface area contributed by atoms with Gasteiger partial charge in [-0.1, -0.05) is 19.9 Å². The summed E-state index contributed by atoms with van der Waals surface area (Å²) in [6.07, 6.45) is 1.85. The predicted octanol–water partition coefficient (Wildman–Crippen LogP) is 3.88. The highest BCUT2D eigenvalue weighted by Crippen LogP contribution is 2.56. The summed E-state index contributed by atoms with van der Waals surface area (Å²) in [6.45, 7) is 9.71. The summed E-state index contributed by atoms with van der Waals surface area (Å²) in [4.78, 5) is 5.08. The summed E-state index contributed by atoms with van der Waals surface area (Å²) >= 11 is 0. The molecule has 0 saturated carbocycles. The third-order valence-corrected chi connectivity index (χ3v) is 6.93. The summed E-state index contributed by atoms with van der Waals surface area (Å²) < 4.78 is 17.3. The quantitative estimate of drug-likeness (QED) is 0.691. The molecular weight excluding hydrogens is 392 g/mol. The average Bonchev–Trinajstić information content (AvgIpc) is 2.80. The van der Waals surface area contributed by atoms with Gasteiger partial charge in [0.15, 0.2) is 23.0 Å². The Balaban J connectivity index is 1.88. The van der Waals surface area contributed by atoms with E-state index >= 15 is 0 Å². The van der Waals surface area contributed by atoms with Crippen LogP contribution in [0.4, 0.5) is 0 Å². The Morgan fingerprint density at radius 3 is 2.39 bits per heavy atom. The van der Waals surface area contributed by atoms with Gasteiger partial charge >= 0.3 is 0 Å². The number of hydrogen-bond donors (Lipinski definition) is 1. The molecule has 6 heteroatoms. The Kier molecular flexibility index (Phi) is 6.30. The summed E-state index contributed by atoms with van der Waals surface area (Å²) in [5, 5.41) is 10.5. The number of methoxy groups -OCH3 is 3. The SMILES string of the molecule is CCN(CC)CCN1CCc2cc(OC)c(OC)c3c2[C@@H]1Cc1ccc(O)c(OC)c1-3. The van der Waals surface area contributed by atoms with Gasteiger partial charge < -0.3 is 24.2 Å². The number of ether oxygens (including phenoxy) is 3. The van der Waals surface area contributed by atoms with Crippen LogP contribution in [0.3, 0.4) is 0 Å². The van der Waals surface area contributed by atoms with Gasteiger partial charge in [-0.05, 0) is 54.8 Å². The molecule has 0 unspecified atom stereocenters. The summed E-state index contributed by atoms with van der Waals surface area (Å²) in [5.41, 5.74) is 5.69. The zero-order chi connectivity index (χ0) is 22.1. The number of aromatic hydroxyl groups is 1. The Morgan fingerprint density at radius 2 is 1.74 bits per heavy atom. The molecule has 2 aromatic carbocycles. The zero-order valence-corrected chi connectivity index (χ0v) is 19.3. The van der Waals surface area contributed by atoms with Gasteiger partial charge in [-0.3, -0.25) is 4.90 Å². The molecule has 4 rings (SSSR count). The number of nitrogens with zero attached hydrogens (tertiary/aromatic N) is 2. The average molecular weight is 427 g/mol. The van der Waals surface area contributed by atoms with Crippen LogP contribution < -0.4 is 14.2 Å². The fraction of sp³-hybridized carbons (Fsp3) is 0.520. The van der Waals surface area contributed by atoms with E-state index in [1.54, 1.807) is 27.4 Å². The molecule has 2 aliphatic rings. The van der Waals surface area contributed by atoms with Gasteiger partial charge in [0, 0.05) is 36.8 Å². The van der Waals surface area contributed by atoms with Crippen LogP contribution in [-0.4, -0.2) is 69.0 Å². The van der Waals surface area contributed by atoms with Crippen LogP contribution in [0.15, 0.2) is 18.2 Å². The molecule has 0 saturated heterocycles. The van der Waals surface area contributed by atoms with Crippen molar-refractivity contribution in [2.45, 2.75) is 32.7 Å². The largest absolute Gasteiger partial charge is 0.504 e. The van der Waals surface area contributed by atoms with Crippen LogP contribution in [0.1, 0.15) is 36.6 Å². The maximum absolute atomic E-state index is 10.5. The molecule has 31 heavy (non-hydrogen) atoms. The van der Waals surface area contributed by atoms with Crippen LogP contribution in [0, 0.1) is 0 Å². The lowest BCUT2D eigenvalue weighted by Crippen LogP contribution is -2.42. The van der Waals surface area contributed by atoms with Crippen molar-refractivity contribution < 1.29 is 19.3 Å². The first kappa shape index (κ1) is 21.8. The van der Waals surface area contributed by atoms with Gasteiger partial charge in [-0.2, -0.15) is 0 Å². The fourth-order valence-electron chi connectivity index (χ4n) is 5.28. The highest BCUT2D eigenvalue weighted by atomic mass is 16.5. The highest BCUT2D eigenvalue weighted by molar-refractivity contribution is 5.88. The second kappa shape index (κ2) is 8.97. The van der Waals surface area contributed by atoms with E-state index in [2.05, 4.69) is 29.7 Å². The van der Waals surface area contributed by atoms with Gasteiger partial charge in [-0.15, -0.1) is 0 Å². The molecule has 0 fully saturated rings. The molecule has 0 amide bonds. The standard InChI is InChI=1S/C25H34N2O4/c1-6-26(7-2)12-13-27-11-10-17-15-20(29-3)25(31-5)23-21(17)18(27)14-16-8-9-19(28)24(30-4)22(16)23/h8-9,15,18,28H,6-7,10-14H2,1-5H3/t18-/m0/s1. The van der Waals surface area contributed by atoms with Gasteiger partial charge in [-0.25, -0.2) is 0 Å². The zero-order valence-electron chi connectivity index (χ0n) is 19.3. The van der Waals surface area contributed by atoms with Crippen molar-refractivity contribution in [3.63, 3.8) is 0 Å². The van der Waals surface area contributed by atoms with E-state index in [4.69, 9.17) is 14.2 Å². The molecule has 0 radical (unpaired) electrons. The molecule has 168 valence electrons. The molecule has 1 heterocycles. The summed E-state index contributed by atoms with van der Waals surface area (Å²) in [5.74, 6) is 2.09. The molecule has 6 nitrogen and oxygen atoms in total. The monoisotopic (exact) mass is 426 g/mol. The maximum atomic E-state index is 10.5. The van der Waals surface area contributed by atoms with Crippen molar-refractivity contribution in [2.24, 2.45) is 0 Å². The topological polar surface area (TPSA) is 54.4 Å².